The van der Waals surface area contributed by atoms with Crippen molar-refractivity contribution in [2.75, 3.05) is 4.90 Å². The average molecular weight is 608 g/mol. The van der Waals surface area contributed by atoms with Crippen molar-refractivity contribution in [1.82, 2.24) is 0 Å². The van der Waals surface area contributed by atoms with E-state index in [2.05, 4.69) is 152 Å². The Labute approximate surface area is 270 Å². The molecule has 2 heterocycles. The number of benzene rings is 7. The highest BCUT2D eigenvalue weighted by Gasteiger charge is 2.37. The Morgan fingerprint density at radius 3 is 2.17 bits per heavy atom. The highest BCUT2D eigenvalue weighted by atomic mass is 32.1. The third-order valence-corrected chi connectivity index (χ3v) is 11.2. The molecule has 9 aromatic rings. The zero-order chi connectivity index (χ0) is 30.6. The molecule has 0 spiro atoms. The van der Waals surface area contributed by atoms with Gasteiger partial charge >= 0.3 is 0 Å². The summed E-state index contributed by atoms with van der Waals surface area (Å²) in [6.07, 6.45) is 0. The lowest BCUT2D eigenvalue weighted by atomic mass is 9.82. The normalized spacial score (nSPS) is 13.6. The van der Waals surface area contributed by atoms with Crippen LogP contribution in [0.2, 0.25) is 0 Å². The van der Waals surface area contributed by atoms with Gasteiger partial charge in [0, 0.05) is 53.3 Å². The fraction of sp³-hybridized carbons (Fsp3) is 0.0698. The minimum atomic E-state index is -0.0830. The van der Waals surface area contributed by atoms with Gasteiger partial charge in [-0.25, -0.2) is 0 Å². The number of hydrogen-bond donors (Lipinski definition) is 0. The van der Waals surface area contributed by atoms with Crippen molar-refractivity contribution in [2.45, 2.75) is 19.3 Å². The van der Waals surface area contributed by atoms with Gasteiger partial charge in [-0.1, -0.05) is 105 Å². The van der Waals surface area contributed by atoms with E-state index in [1.54, 1.807) is 0 Å². The molecule has 0 amide bonds. The summed E-state index contributed by atoms with van der Waals surface area (Å²) in [5, 5.41) is 7.35. The Morgan fingerprint density at radius 2 is 1.26 bits per heavy atom. The molecule has 0 saturated heterocycles. The maximum Gasteiger partial charge on any atom is 0.136 e. The first-order chi connectivity index (χ1) is 22.6. The molecule has 2 nitrogen and oxygen atoms in total. The van der Waals surface area contributed by atoms with E-state index in [0.717, 1.165) is 27.9 Å². The lowest BCUT2D eigenvalue weighted by Crippen LogP contribution is -2.16. The Bertz CT molecular complexity index is 2690. The van der Waals surface area contributed by atoms with Gasteiger partial charge in [0.05, 0.1) is 5.69 Å². The zero-order valence-electron chi connectivity index (χ0n) is 25.5. The van der Waals surface area contributed by atoms with E-state index in [1.165, 1.54) is 64.3 Å². The van der Waals surface area contributed by atoms with Crippen LogP contribution < -0.4 is 4.90 Å². The third-order valence-electron chi connectivity index (χ3n) is 10.0. The van der Waals surface area contributed by atoms with Crippen molar-refractivity contribution in [1.29, 1.82) is 0 Å². The van der Waals surface area contributed by atoms with E-state index in [4.69, 9.17) is 4.42 Å². The highest BCUT2D eigenvalue weighted by Crippen LogP contribution is 2.54. The van der Waals surface area contributed by atoms with Gasteiger partial charge in [0.1, 0.15) is 11.2 Å². The van der Waals surface area contributed by atoms with Crippen LogP contribution in [0, 0.1) is 0 Å². The van der Waals surface area contributed by atoms with Crippen LogP contribution in [0.4, 0.5) is 17.1 Å². The molecular formula is C43H29NOS. The van der Waals surface area contributed by atoms with E-state index < -0.39 is 0 Å². The standard InChI is InChI=1S/C43H29NOS/c1-43(2)34-13-6-3-11-32(34)42-35(43)14-9-15-36(42)44(28-20-22-31-30-10-5-8-17-39(30)46-40(31)25-28)27-19-21-29-26(24-27)18-23-38-41(29)33-12-4-7-16-37(33)45-38/h3-25H,1-2H3. The highest BCUT2D eigenvalue weighted by molar-refractivity contribution is 7.25. The lowest BCUT2D eigenvalue weighted by Gasteiger charge is -2.29. The first kappa shape index (κ1) is 25.9. The second-order valence-electron chi connectivity index (χ2n) is 12.9. The van der Waals surface area contributed by atoms with E-state index in [9.17, 15) is 0 Å². The lowest BCUT2D eigenvalue weighted by molar-refractivity contribution is 0.660. The summed E-state index contributed by atoms with van der Waals surface area (Å²) in [4.78, 5) is 2.47. The summed E-state index contributed by atoms with van der Waals surface area (Å²) in [5.74, 6) is 0. The fourth-order valence-electron chi connectivity index (χ4n) is 7.88. The summed E-state index contributed by atoms with van der Waals surface area (Å²) in [6, 6.07) is 51.0. The van der Waals surface area contributed by atoms with Crippen LogP contribution in [-0.2, 0) is 5.41 Å². The van der Waals surface area contributed by atoms with Gasteiger partial charge in [-0.2, -0.15) is 0 Å². The van der Waals surface area contributed by atoms with E-state index >= 15 is 0 Å². The smallest absolute Gasteiger partial charge is 0.136 e. The molecule has 10 rings (SSSR count). The van der Waals surface area contributed by atoms with Crippen molar-refractivity contribution >= 4 is 81.3 Å². The Hall–Kier alpha value is -5.38. The van der Waals surface area contributed by atoms with Gasteiger partial charge in [-0.05, 0) is 76.0 Å². The summed E-state index contributed by atoms with van der Waals surface area (Å²) in [6.45, 7) is 4.71. The maximum absolute atomic E-state index is 6.24. The molecule has 1 aliphatic rings. The first-order valence-electron chi connectivity index (χ1n) is 15.9. The van der Waals surface area contributed by atoms with Crippen LogP contribution >= 0.6 is 11.3 Å². The quantitative estimate of drug-likeness (QED) is 0.199. The molecule has 0 bridgehead atoms. The first-order valence-corrected chi connectivity index (χ1v) is 16.7. The van der Waals surface area contributed by atoms with Crippen LogP contribution in [0.3, 0.4) is 0 Å². The monoisotopic (exact) mass is 607 g/mol. The third kappa shape index (κ3) is 3.52. The molecule has 0 fully saturated rings. The van der Waals surface area contributed by atoms with Gasteiger partial charge in [0.15, 0.2) is 0 Å². The van der Waals surface area contributed by atoms with Gasteiger partial charge in [0.2, 0.25) is 0 Å². The predicted octanol–water partition coefficient (Wildman–Crippen LogP) is 12.9. The van der Waals surface area contributed by atoms with Crippen molar-refractivity contribution in [3.05, 3.63) is 151 Å². The van der Waals surface area contributed by atoms with Gasteiger partial charge in [0.25, 0.3) is 0 Å². The van der Waals surface area contributed by atoms with Gasteiger partial charge in [-0.15, -0.1) is 11.3 Å². The van der Waals surface area contributed by atoms with Crippen LogP contribution in [-0.4, -0.2) is 0 Å². The summed E-state index contributed by atoms with van der Waals surface area (Å²) in [5.41, 5.74) is 10.6. The van der Waals surface area contributed by atoms with Crippen LogP contribution in [0.25, 0.3) is 64.0 Å². The fourth-order valence-corrected chi connectivity index (χ4v) is 9.02. The Kier molecular flexibility index (Phi) is 5.25. The number of para-hydroxylation sites is 1. The summed E-state index contributed by atoms with van der Waals surface area (Å²) < 4.78 is 8.85. The molecule has 218 valence electrons. The Balaban J connectivity index is 1.25. The SMILES string of the molecule is CC1(C)c2ccccc2-c2c(N(c3ccc4c(ccc5oc6ccccc6c54)c3)c3ccc4c(c3)sc3ccccc34)cccc21. The predicted molar refractivity (Wildman–Crippen MR) is 196 cm³/mol. The van der Waals surface area contributed by atoms with E-state index in [-0.39, 0.29) is 5.41 Å². The summed E-state index contributed by atoms with van der Waals surface area (Å²) >= 11 is 1.87. The number of fused-ring (bicyclic) bond motifs is 11. The minimum absolute atomic E-state index is 0.0830. The molecule has 0 radical (unpaired) electrons. The van der Waals surface area contributed by atoms with Gasteiger partial charge < -0.3 is 9.32 Å². The van der Waals surface area contributed by atoms with Crippen molar-refractivity contribution in [3.63, 3.8) is 0 Å². The number of nitrogens with zero attached hydrogens (tertiary/aromatic N) is 1. The molecule has 46 heavy (non-hydrogen) atoms. The topological polar surface area (TPSA) is 16.4 Å². The molecular weight excluding hydrogens is 579 g/mol. The summed E-state index contributed by atoms with van der Waals surface area (Å²) in [7, 11) is 0. The van der Waals surface area contributed by atoms with E-state index in [1.807, 2.05) is 17.4 Å². The number of hydrogen-bond acceptors (Lipinski definition) is 3. The molecule has 3 heteroatoms. The van der Waals surface area contributed by atoms with Crippen molar-refractivity contribution in [2.24, 2.45) is 0 Å². The van der Waals surface area contributed by atoms with Crippen LogP contribution in [0.15, 0.2) is 144 Å². The average Bonchev–Trinajstić information content (AvgIpc) is 3.73. The molecule has 0 unspecified atom stereocenters. The zero-order valence-corrected chi connectivity index (χ0v) is 26.4. The molecule has 0 atom stereocenters. The van der Waals surface area contributed by atoms with Crippen LogP contribution in [0.5, 0.6) is 0 Å². The minimum Gasteiger partial charge on any atom is -0.456 e. The number of thiophene rings is 1. The molecule has 0 N–H and O–H groups in total. The maximum atomic E-state index is 6.24. The molecule has 0 saturated carbocycles. The second kappa shape index (κ2) is 9.32. The largest absolute Gasteiger partial charge is 0.456 e. The second-order valence-corrected chi connectivity index (χ2v) is 14.0. The van der Waals surface area contributed by atoms with Crippen LogP contribution in [0.1, 0.15) is 25.0 Å². The van der Waals surface area contributed by atoms with Gasteiger partial charge in [-0.3, -0.25) is 0 Å². The van der Waals surface area contributed by atoms with E-state index in [0.29, 0.717) is 0 Å². The van der Waals surface area contributed by atoms with Crippen molar-refractivity contribution in [3.8, 4) is 11.1 Å². The molecule has 0 aliphatic heterocycles. The van der Waals surface area contributed by atoms with Crippen molar-refractivity contribution < 1.29 is 4.42 Å². The number of furan rings is 1. The number of anilines is 3. The Morgan fingerprint density at radius 1 is 0.543 bits per heavy atom. The molecule has 1 aliphatic carbocycles. The number of rotatable bonds is 3. The molecule has 7 aromatic carbocycles. The molecule has 2 aromatic heterocycles.